The van der Waals surface area contributed by atoms with Gasteiger partial charge in [0, 0.05) is 0 Å². The van der Waals surface area contributed by atoms with Gasteiger partial charge in [-0.25, -0.2) is 9.18 Å². The van der Waals surface area contributed by atoms with E-state index < -0.39 is 17.8 Å². The van der Waals surface area contributed by atoms with Crippen molar-refractivity contribution in [2.45, 2.75) is 13.0 Å². The van der Waals surface area contributed by atoms with Crippen LogP contribution < -0.4 is 10.6 Å². The fourth-order valence-corrected chi connectivity index (χ4v) is 1.17. The molecule has 3 N–H and O–H groups in total. The van der Waals surface area contributed by atoms with E-state index in [1.54, 1.807) is 14.0 Å². The molecular weight excluding hydrogens is 227 g/mol. The van der Waals surface area contributed by atoms with Crippen molar-refractivity contribution in [3.05, 3.63) is 29.6 Å². The molecular formula is C11H13FN2O3. The number of benzene rings is 1. The molecule has 0 aliphatic carbocycles. The summed E-state index contributed by atoms with van der Waals surface area (Å²) < 4.78 is 12.9. The summed E-state index contributed by atoms with van der Waals surface area (Å²) in [6, 6.07) is 2.70. The van der Waals surface area contributed by atoms with Crippen LogP contribution >= 0.6 is 0 Å². The molecule has 0 radical (unpaired) electrons. The lowest BCUT2D eigenvalue weighted by Crippen LogP contribution is -2.35. The summed E-state index contributed by atoms with van der Waals surface area (Å²) >= 11 is 0. The number of likely N-dealkylation sites (N-methyl/N-ethyl adjacent to an activating group) is 1. The largest absolute Gasteiger partial charge is 0.478 e. The Morgan fingerprint density at radius 3 is 2.59 bits per heavy atom. The highest BCUT2D eigenvalue weighted by Crippen LogP contribution is 2.17. The molecule has 0 spiro atoms. The summed E-state index contributed by atoms with van der Waals surface area (Å²) in [5.74, 6) is -2.35. The van der Waals surface area contributed by atoms with Gasteiger partial charge in [-0.1, -0.05) is 0 Å². The van der Waals surface area contributed by atoms with Gasteiger partial charge in [0.15, 0.2) is 0 Å². The van der Waals surface area contributed by atoms with E-state index in [4.69, 9.17) is 5.11 Å². The molecule has 0 bridgehead atoms. The Morgan fingerprint density at radius 1 is 1.41 bits per heavy atom. The number of nitrogens with one attached hydrogen (secondary N) is 2. The predicted octanol–water partition coefficient (Wildman–Crippen LogP) is 1.07. The van der Waals surface area contributed by atoms with Crippen LogP contribution in [0.2, 0.25) is 0 Å². The third kappa shape index (κ3) is 3.25. The smallest absolute Gasteiger partial charge is 0.337 e. The normalized spacial score (nSPS) is 11.9. The van der Waals surface area contributed by atoms with Crippen LogP contribution in [-0.4, -0.2) is 30.1 Å². The van der Waals surface area contributed by atoms with E-state index >= 15 is 0 Å². The molecule has 0 heterocycles. The molecule has 0 fully saturated rings. The Bertz CT molecular complexity index is 448. The first-order valence-electron chi connectivity index (χ1n) is 4.96. The minimum absolute atomic E-state index is 0.0750. The van der Waals surface area contributed by atoms with Gasteiger partial charge < -0.3 is 15.7 Å². The van der Waals surface area contributed by atoms with Gasteiger partial charge in [0.05, 0.1) is 17.3 Å². The molecule has 0 aromatic heterocycles. The topological polar surface area (TPSA) is 78.4 Å². The number of rotatable bonds is 4. The predicted molar refractivity (Wildman–Crippen MR) is 60.5 cm³/mol. The molecule has 0 saturated carbocycles. The van der Waals surface area contributed by atoms with Crippen LogP contribution in [0.5, 0.6) is 0 Å². The van der Waals surface area contributed by atoms with Crippen molar-refractivity contribution in [3.63, 3.8) is 0 Å². The first-order valence-corrected chi connectivity index (χ1v) is 4.96. The van der Waals surface area contributed by atoms with Crippen molar-refractivity contribution in [1.29, 1.82) is 0 Å². The van der Waals surface area contributed by atoms with Gasteiger partial charge in [-0.15, -0.1) is 0 Å². The molecule has 92 valence electrons. The number of halogens is 1. The lowest BCUT2D eigenvalue weighted by atomic mass is 10.1. The molecule has 1 amide bonds. The number of carboxylic acids is 1. The average molecular weight is 240 g/mol. The third-order valence-electron chi connectivity index (χ3n) is 2.30. The summed E-state index contributed by atoms with van der Waals surface area (Å²) in [6.45, 7) is 1.62. The molecule has 0 saturated heterocycles. The number of amides is 1. The summed E-state index contributed by atoms with van der Waals surface area (Å²) in [5, 5.41) is 14.0. The van der Waals surface area contributed by atoms with Gasteiger partial charge in [-0.05, 0) is 32.2 Å². The van der Waals surface area contributed by atoms with Gasteiger partial charge in [0.1, 0.15) is 5.82 Å². The van der Waals surface area contributed by atoms with Gasteiger partial charge in [0.25, 0.3) is 0 Å². The molecule has 0 aliphatic heterocycles. The average Bonchev–Trinajstić information content (AvgIpc) is 2.29. The Hall–Kier alpha value is -1.95. The molecule has 17 heavy (non-hydrogen) atoms. The maximum Gasteiger partial charge on any atom is 0.337 e. The second-order valence-electron chi connectivity index (χ2n) is 3.49. The summed E-state index contributed by atoms with van der Waals surface area (Å²) in [5.41, 5.74) is -0.201. The van der Waals surface area contributed by atoms with Crippen LogP contribution in [0.4, 0.5) is 10.1 Å². The number of anilines is 1. The zero-order chi connectivity index (χ0) is 13.0. The number of hydrogen-bond acceptors (Lipinski definition) is 3. The van der Waals surface area contributed by atoms with E-state index in [1.165, 1.54) is 6.07 Å². The number of carboxylic acid groups (broad SMARTS) is 1. The van der Waals surface area contributed by atoms with E-state index in [2.05, 4.69) is 10.6 Å². The number of carbonyl (C=O) groups excluding carboxylic acids is 1. The first-order chi connectivity index (χ1) is 7.95. The zero-order valence-electron chi connectivity index (χ0n) is 9.45. The van der Waals surface area contributed by atoms with Crippen LogP contribution in [0, 0.1) is 5.82 Å². The Labute approximate surface area is 97.6 Å². The minimum Gasteiger partial charge on any atom is -0.478 e. The third-order valence-corrected chi connectivity index (χ3v) is 2.30. The highest BCUT2D eigenvalue weighted by Gasteiger charge is 2.16. The van der Waals surface area contributed by atoms with E-state index in [-0.39, 0.29) is 17.2 Å². The first kappa shape index (κ1) is 13.1. The lowest BCUT2D eigenvalue weighted by molar-refractivity contribution is -0.117. The highest BCUT2D eigenvalue weighted by molar-refractivity contribution is 6.01. The van der Waals surface area contributed by atoms with Crippen LogP contribution in [0.3, 0.4) is 0 Å². The zero-order valence-corrected chi connectivity index (χ0v) is 9.45. The maximum absolute atomic E-state index is 12.9. The van der Waals surface area contributed by atoms with E-state index in [0.717, 1.165) is 12.1 Å². The van der Waals surface area contributed by atoms with Crippen molar-refractivity contribution in [2.24, 2.45) is 0 Å². The molecule has 1 atom stereocenters. The van der Waals surface area contributed by atoms with E-state index in [1.807, 2.05) is 0 Å². The summed E-state index contributed by atoms with van der Waals surface area (Å²) in [7, 11) is 1.60. The Balaban J connectivity index is 2.98. The lowest BCUT2D eigenvalue weighted by Gasteiger charge is -2.12. The molecule has 5 nitrogen and oxygen atoms in total. The molecule has 0 aliphatic rings. The van der Waals surface area contributed by atoms with Crippen molar-refractivity contribution in [3.8, 4) is 0 Å². The molecule has 6 heteroatoms. The van der Waals surface area contributed by atoms with E-state index in [0.29, 0.717) is 0 Å². The molecule has 1 rings (SSSR count). The van der Waals surface area contributed by atoms with Crippen LogP contribution in [0.25, 0.3) is 0 Å². The Kier molecular flexibility index (Phi) is 4.17. The van der Waals surface area contributed by atoms with Gasteiger partial charge in [-0.3, -0.25) is 4.79 Å². The monoisotopic (exact) mass is 240 g/mol. The second-order valence-corrected chi connectivity index (χ2v) is 3.49. The van der Waals surface area contributed by atoms with Crippen molar-refractivity contribution in [1.82, 2.24) is 5.32 Å². The standard InChI is InChI=1S/C11H13FN2O3/c1-6(13-2)10(15)14-9-4-3-7(12)5-8(9)11(16)17/h3-6,13H,1-2H3,(H,14,15)(H,16,17)/t6-/m0/s1. The summed E-state index contributed by atoms with van der Waals surface area (Å²) in [6.07, 6.45) is 0. The number of aromatic carboxylic acids is 1. The quantitative estimate of drug-likeness (QED) is 0.735. The van der Waals surface area contributed by atoms with E-state index in [9.17, 15) is 14.0 Å². The summed E-state index contributed by atoms with van der Waals surface area (Å²) in [4.78, 5) is 22.4. The molecule has 1 aromatic rings. The SMILES string of the molecule is CN[C@@H](C)C(=O)Nc1ccc(F)cc1C(=O)O. The molecule has 1 aromatic carbocycles. The minimum atomic E-state index is -1.29. The van der Waals surface area contributed by atoms with Crippen LogP contribution in [0.15, 0.2) is 18.2 Å². The van der Waals surface area contributed by atoms with Gasteiger partial charge in [0.2, 0.25) is 5.91 Å². The highest BCUT2D eigenvalue weighted by atomic mass is 19.1. The van der Waals surface area contributed by atoms with Crippen molar-refractivity contribution < 1.29 is 19.1 Å². The van der Waals surface area contributed by atoms with Gasteiger partial charge in [-0.2, -0.15) is 0 Å². The Morgan fingerprint density at radius 2 is 2.06 bits per heavy atom. The van der Waals surface area contributed by atoms with Crippen molar-refractivity contribution in [2.75, 3.05) is 12.4 Å². The number of carbonyl (C=O) groups is 2. The molecule has 0 unspecified atom stereocenters. The van der Waals surface area contributed by atoms with Crippen LogP contribution in [-0.2, 0) is 4.79 Å². The van der Waals surface area contributed by atoms with Crippen LogP contribution in [0.1, 0.15) is 17.3 Å². The van der Waals surface area contributed by atoms with Crippen molar-refractivity contribution >= 4 is 17.6 Å². The number of hydrogen-bond donors (Lipinski definition) is 3. The van der Waals surface area contributed by atoms with Gasteiger partial charge >= 0.3 is 5.97 Å². The fourth-order valence-electron chi connectivity index (χ4n) is 1.17. The second kappa shape index (κ2) is 5.40. The maximum atomic E-state index is 12.9. The fraction of sp³-hybridized carbons (Fsp3) is 0.273.